The Labute approximate surface area is 213 Å². The first-order chi connectivity index (χ1) is 17.6. The normalized spacial score (nSPS) is 15.0. The summed E-state index contributed by atoms with van der Waals surface area (Å²) in [5, 5.41) is 6.56. The minimum atomic E-state index is -0.329. The maximum Gasteiger partial charge on any atom is 0.226 e. The number of ether oxygens (including phenoxy) is 1. The van der Waals surface area contributed by atoms with Crippen molar-refractivity contribution in [2.24, 2.45) is 0 Å². The summed E-state index contributed by atoms with van der Waals surface area (Å²) in [5.41, 5.74) is 3.64. The van der Waals surface area contributed by atoms with E-state index in [1.54, 1.807) is 18.5 Å². The van der Waals surface area contributed by atoms with Crippen LogP contribution in [0.5, 0.6) is 0 Å². The number of rotatable bonds is 8. The molecule has 10 heteroatoms. The van der Waals surface area contributed by atoms with E-state index >= 15 is 4.39 Å². The van der Waals surface area contributed by atoms with Gasteiger partial charge < -0.3 is 19.7 Å². The van der Waals surface area contributed by atoms with Crippen molar-refractivity contribution >= 4 is 35.0 Å². The highest BCUT2D eigenvalue weighted by atomic mass is 32.2. The van der Waals surface area contributed by atoms with Crippen LogP contribution in [0.15, 0.2) is 72.1 Å². The summed E-state index contributed by atoms with van der Waals surface area (Å²) in [6.45, 7) is 3.39. The minimum absolute atomic E-state index is 0.176. The average molecular weight is 504 g/mol. The van der Waals surface area contributed by atoms with Crippen LogP contribution in [0.4, 0.5) is 27.4 Å². The highest BCUT2D eigenvalue weighted by molar-refractivity contribution is 8.00. The van der Waals surface area contributed by atoms with E-state index in [9.17, 15) is 0 Å². The van der Waals surface area contributed by atoms with Crippen LogP contribution in [0.25, 0.3) is 11.4 Å². The summed E-state index contributed by atoms with van der Waals surface area (Å²) >= 11 is 1.49. The zero-order valence-electron chi connectivity index (χ0n) is 20.0. The minimum Gasteiger partial charge on any atom is -0.379 e. The first-order valence-electron chi connectivity index (χ1n) is 11.6. The molecule has 0 amide bonds. The zero-order valence-corrected chi connectivity index (χ0v) is 20.8. The lowest BCUT2D eigenvalue weighted by Gasteiger charge is -2.20. The number of aryl methyl sites for hydroxylation is 1. The molecular weight excluding hydrogens is 477 g/mol. The van der Waals surface area contributed by atoms with Crippen LogP contribution in [-0.4, -0.2) is 46.2 Å². The van der Waals surface area contributed by atoms with Gasteiger partial charge in [-0.05, 0) is 61.2 Å². The van der Waals surface area contributed by atoms with E-state index in [2.05, 4.69) is 30.6 Å². The Bertz CT molecular complexity index is 1350. The molecule has 1 atom stereocenters. The van der Waals surface area contributed by atoms with E-state index in [0.29, 0.717) is 41.0 Å². The van der Waals surface area contributed by atoms with Crippen molar-refractivity contribution in [2.45, 2.75) is 24.3 Å². The summed E-state index contributed by atoms with van der Waals surface area (Å²) in [5.74, 6) is 0.619. The third-order valence-electron chi connectivity index (χ3n) is 5.79. The van der Waals surface area contributed by atoms with E-state index in [0.717, 1.165) is 23.5 Å². The number of aromatic nitrogens is 4. The quantitative estimate of drug-likeness (QED) is 0.304. The van der Waals surface area contributed by atoms with Crippen molar-refractivity contribution in [1.82, 2.24) is 19.9 Å². The van der Waals surface area contributed by atoms with Crippen molar-refractivity contribution in [3.63, 3.8) is 0 Å². The predicted octanol–water partition coefficient (Wildman–Crippen LogP) is 5.47. The van der Waals surface area contributed by atoms with Gasteiger partial charge in [-0.2, -0.15) is 4.98 Å². The van der Waals surface area contributed by atoms with E-state index in [1.807, 2.05) is 54.7 Å². The van der Waals surface area contributed by atoms with Gasteiger partial charge in [-0.25, -0.2) is 14.4 Å². The first kappa shape index (κ1) is 24.0. The largest absolute Gasteiger partial charge is 0.379 e. The lowest BCUT2D eigenvalue weighted by Crippen LogP contribution is -2.20. The van der Waals surface area contributed by atoms with Crippen LogP contribution in [0.2, 0.25) is 0 Å². The van der Waals surface area contributed by atoms with Crippen molar-refractivity contribution in [1.29, 1.82) is 0 Å². The predicted molar refractivity (Wildman–Crippen MR) is 141 cm³/mol. The number of nitrogens with one attached hydrogen (secondary N) is 2. The van der Waals surface area contributed by atoms with Gasteiger partial charge in [0, 0.05) is 36.6 Å². The Hall–Kier alpha value is -3.76. The smallest absolute Gasteiger partial charge is 0.226 e. The summed E-state index contributed by atoms with van der Waals surface area (Å²) in [4.78, 5) is 18.4. The Kier molecular flexibility index (Phi) is 7.24. The third kappa shape index (κ3) is 5.55. The number of nitrogens with zero attached hydrogens (tertiary/aromatic N) is 5. The summed E-state index contributed by atoms with van der Waals surface area (Å²) in [6.07, 6.45) is 5.71. The van der Waals surface area contributed by atoms with Crippen LogP contribution in [-0.2, 0) is 4.74 Å². The van der Waals surface area contributed by atoms with E-state index in [1.165, 1.54) is 24.3 Å². The molecule has 0 radical (unpaired) electrons. The van der Waals surface area contributed by atoms with Crippen LogP contribution >= 0.6 is 11.9 Å². The second-order valence-corrected chi connectivity index (χ2v) is 9.57. The highest BCUT2D eigenvalue weighted by Gasteiger charge is 2.18. The number of hydrogen-bond donors (Lipinski definition) is 2. The fourth-order valence-corrected chi connectivity index (χ4v) is 4.75. The summed E-state index contributed by atoms with van der Waals surface area (Å²) < 4.78 is 22.4. The molecular formula is C26H26FN7OS. The van der Waals surface area contributed by atoms with Gasteiger partial charge in [0.2, 0.25) is 5.95 Å². The van der Waals surface area contributed by atoms with Gasteiger partial charge in [0.15, 0.2) is 5.82 Å². The first-order valence-corrected chi connectivity index (χ1v) is 12.4. The third-order valence-corrected chi connectivity index (χ3v) is 6.92. The molecule has 1 aliphatic rings. The second-order valence-electron chi connectivity index (χ2n) is 8.40. The molecule has 3 heterocycles. The summed E-state index contributed by atoms with van der Waals surface area (Å²) in [7, 11) is 1.85. The van der Waals surface area contributed by atoms with Crippen molar-refractivity contribution in [2.75, 3.05) is 35.2 Å². The van der Waals surface area contributed by atoms with Crippen molar-refractivity contribution in [3.05, 3.63) is 78.6 Å². The average Bonchev–Trinajstić information content (AvgIpc) is 3.39. The molecule has 2 aromatic heterocycles. The van der Waals surface area contributed by atoms with Crippen molar-refractivity contribution < 1.29 is 9.13 Å². The molecule has 1 saturated heterocycles. The number of halogens is 1. The molecule has 0 bridgehead atoms. The molecule has 2 aromatic carbocycles. The van der Waals surface area contributed by atoms with Gasteiger partial charge in [0.1, 0.15) is 12.1 Å². The van der Waals surface area contributed by atoms with Gasteiger partial charge >= 0.3 is 0 Å². The van der Waals surface area contributed by atoms with Gasteiger partial charge in [-0.1, -0.05) is 18.2 Å². The molecule has 0 spiro atoms. The molecule has 4 aromatic rings. The topological polar surface area (TPSA) is 88.1 Å². The van der Waals surface area contributed by atoms with Gasteiger partial charge in [-0.15, -0.1) is 0 Å². The lowest BCUT2D eigenvalue weighted by molar-refractivity contribution is 0.195. The van der Waals surface area contributed by atoms with Gasteiger partial charge in [-0.3, -0.25) is 4.98 Å². The summed E-state index contributed by atoms with van der Waals surface area (Å²) in [6, 6.07) is 15.1. The highest BCUT2D eigenvalue weighted by Crippen LogP contribution is 2.34. The maximum atomic E-state index is 15.1. The fourth-order valence-electron chi connectivity index (χ4n) is 3.86. The molecule has 5 rings (SSSR count). The molecule has 2 N–H and O–H groups in total. The Morgan fingerprint density at radius 3 is 2.83 bits per heavy atom. The van der Waals surface area contributed by atoms with E-state index in [4.69, 9.17) is 4.74 Å². The monoisotopic (exact) mass is 503 g/mol. The molecule has 1 unspecified atom stereocenters. The standard InChI is InChI=1S/C26H26FN7OS/c1-17-5-3-4-6-24(17)36-34(2)23-8-7-18(13-21(23)27)31-22-9-11-28-14-20(22)25-29-16-30-26(33-25)32-19-10-12-35-15-19/h3-9,11,13-14,16,19H,10,12,15H2,1-2H3,(H,28,31)(H,29,30,32,33). The molecule has 1 aliphatic heterocycles. The number of anilines is 4. The van der Waals surface area contributed by atoms with Crippen LogP contribution in [0.3, 0.4) is 0 Å². The molecule has 8 nitrogen and oxygen atoms in total. The zero-order chi connectivity index (χ0) is 24.9. The van der Waals surface area contributed by atoms with Gasteiger partial charge in [0.25, 0.3) is 0 Å². The molecule has 184 valence electrons. The molecule has 0 aliphatic carbocycles. The number of benzene rings is 2. The van der Waals surface area contributed by atoms with Crippen LogP contribution in [0, 0.1) is 12.7 Å². The molecule has 0 saturated carbocycles. The molecule has 36 heavy (non-hydrogen) atoms. The Morgan fingerprint density at radius 2 is 2.03 bits per heavy atom. The number of hydrogen-bond acceptors (Lipinski definition) is 9. The molecule has 1 fully saturated rings. The van der Waals surface area contributed by atoms with Crippen LogP contribution < -0.4 is 14.9 Å². The van der Waals surface area contributed by atoms with Crippen LogP contribution in [0.1, 0.15) is 12.0 Å². The van der Waals surface area contributed by atoms with E-state index < -0.39 is 0 Å². The SMILES string of the molecule is Cc1ccccc1SN(C)c1ccc(Nc2ccncc2-c2ncnc(NC3CCOC3)n2)cc1F. The van der Waals surface area contributed by atoms with E-state index in [-0.39, 0.29) is 11.9 Å². The second kappa shape index (κ2) is 10.9. The lowest BCUT2D eigenvalue weighted by atomic mass is 10.2. The van der Waals surface area contributed by atoms with Crippen molar-refractivity contribution in [3.8, 4) is 11.4 Å². The fraction of sp³-hybridized carbons (Fsp3) is 0.231. The Morgan fingerprint density at radius 1 is 1.14 bits per heavy atom. The number of pyridine rings is 1. The maximum absolute atomic E-state index is 15.1. The van der Waals surface area contributed by atoms with Gasteiger partial charge in [0.05, 0.1) is 29.6 Å². The Balaban J connectivity index is 1.34.